The summed E-state index contributed by atoms with van der Waals surface area (Å²) in [5, 5.41) is 5.53. The summed E-state index contributed by atoms with van der Waals surface area (Å²) in [7, 11) is 0. The average molecular weight is 504 g/mol. The highest BCUT2D eigenvalue weighted by Gasteiger charge is 2.20. The van der Waals surface area contributed by atoms with Gasteiger partial charge in [0.05, 0.1) is 24.3 Å². The number of hydrogen-bond donors (Lipinski definition) is 2. The summed E-state index contributed by atoms with van der Waals surface area (Å²) in [5.41, 5.74) is 2.75. The van der Waals surface area contributed by atoms with E-state index < -0.39 is 11.9 Å². The summed E-state index contributed by atoms with van der Waals surface area (Å²) in [6.07, 6.45) is 0.496. The Hall–Kier alpha value is -4.04. The first kappa shape index (κ1) is 26.6. The van der Waals surface area contributed by atoms with Crippen LogP contribution in [-0.2, 0) is 20.7 Å². The highest BCUT2D eigenvalue weighted by atomic mass is 32.1. The normalized spacial score (nSPS) is 10.2. The molecule has 0 fully saturated rings. The van der Waals surface area contributed by atoms with E-state index in [1.165, 1.54) is 0 Å². The molecule has 0 radical (unpaired) electrons. The Bertz CT molecular complexity index is 1190. The van der Waals surface area contributed by atoms with Crippen LogP contribution in [0.15, 0.2) is 84.9 Å². The van der Waals surface area contributed by atoms with Gasteiger partial charge >= 0.3 is 5.97 Å². The third-order valence-corrected chi connectivity index (χ3v) is 5.54. The van der Waals surface area contributed by atoms with Crippen molar-refractivity contribution in [3.8, 4) is 0 Å². The number of hydrogen-bond acceptors (Lipinski definition) is 5. The zero-order valence-electron chi connectivity index (χ0n) is 20.1. The van der Waals surface area contributed by atoms with Crippen molar-refractivity contribution in [2.75, 3.05) is 23.4 Å². The van der Waals surface area contributed by atoms with Crippen molar-refractivity contribution in [3.63, 3.8) is 0 Å². The Morgan fingerprint density at radius 2 is 1.50 bits per heavy atom. The Labute approximate surface area is 216 Å². The van der Waals surface area contributed by atoms with Gasteiger partial charge in [0.1, 0.15) is 0 Å². The third kappa shape index (κ3) is 8.02. The highest BCUT2D eigenvalue weighted by molar-refractivity contribution is 7.80. The summed E-state index contributed by atoms with van der Waals surface area (Å²) < 4.78 is 5.20. The van der Waals surface area contributed by atoms with E-state index >= 15 is 0 Å². The average Bonchev–Trinajstić information content (AvgIpc) is 2.89. The van der Waals surface area contributed by atoms with Crippen LogP contribution in [-0.4, -0.2) is 36.0 Å². The monoisotopic (exact) mass is 503 g/mol. The minimum Gasteiger partial charge on any atom is -0.465 e. The molecule has 2 N–H and O–H groups in total. The van der Waals surface area contributed by atoms with E-state index in [-0.39, 0.29) is 30.5 Å². The molecule has 0 saturated carbocycles. The Kier molecular flexibility index (Phi) is 10.1. The second kappa shape index (κ2) is 13.7. The van der Waals surface area contributed by atoms with Crippen molar-refractivity contribution in [1.29, 1.82) is 0 Å². The number of esters is 1. The van der Waals surface area contributed by atoms with E-state index in [0.29, 0.717) is 24.2 Å². The van der Waals surface area contributed by atoms with Crippen molar-refractivity contribution >= 4 is 46.5 Å². The van der Waals surface area contributed by atoms with E-state index in [2.05, 4.69) is 10.6 Å². The molecule has 0 aliphatic rings. The van der Waals surface area contributed by atoms with Crippen LogP contribution in [0.5, 0.6) is 0 Å². The molecule has 3 aromatic carbocycles. The van der Waals surface area contributed by atoms with Gasteiger partial charge < -0.3 is 20.3 Å². The topological polar surface area (TPSA) is 87.7 Å². The first-order valence-corrected chi connectivity index (χ1v) is 12.1. The molecule has 0 spiro atoms. The van der Waals surface area contributed by atoms with Crippen LogP contribution in [0.3, 0.4) is 0 Å². The van der Waals surface area contributed by atoms with Gasteiger partial charge in [-0.05, 0) is 49.0 Å². The Balaban J connectivity index is 1.49. The summed E-state index contributed by atoms with van der Waals surface area (Å²) in [5.74, 6) is -1.06. The summed E-state index contributed by atoms with van der Waals surface area (Å²) >= 11 is 5.27. The third-order valence-electron chi connectivity index (χ3n) is 5.34. The molecule has 36 heavy (non-hydrogen) atoms. The molecular formula is C28H29N3O4S. The van der Waals surface area contributed by atoms with Gasteiger partial charge in [-0.3, -0.25) is 14.4 Å². The predicted molar refractivity (Wildman–Crippen MR) is 145 cm³/mol. The van der Waals surface area contributed by atoms with E-state index in [9.17, 15) is 14.4 Å². The number of para-hydroxylation sites is 2. The predicted octanol–water partition coefficient (Wildman–Crippen LogP) is 4.73. The molecule has 3 rings (SSSR count). The molecular weight excluding hydrogens is 474 g/mol. The molecule has 0 aromatic heterocycles. The van der Waals surface area contributed by atoms with Gasteiger partial charge in [-0.15, -0.1) is 0 Å². The molecule has 2 amide bonds. The van der Waals surface area contributed by atoms with Crippen molar-refractivity contribution < 1.29 is 19.1 Å². The molecule has 186 valence electrons. The van der Waals surface area contributed by atoms with Gasteiger partial charge in [0.25, 0.3) is 5.91 Å². The lowest BCUT2D eigenvalue weighted by Crippen LogP contribution is -2.36. The molecule has 0 aliphatic heterocycles. The molecule has 0 unspecified atom stereocenters. The van der Waals surface area contributed by atoms with E-state index in [0.717, 1.165) is 11.3 Å². The number of anilines is 2. The number of amides is 2. The van der Waals surface area contributed by atoms with Crippen LogP contribution < -0.4 is 15.5 Å². The first-order chi connectivity index (χ1) is 17.5. The quantitative estimate of drug-likeness (QED) is 0.307. The second-order valence-electron chi connectivity index (χ2n) is 7.89. The van der Waals surface area contributed by atoms with Crippen LogP contribution in [0.1, 0.15) is 35.7 Å². The molecule has 0 saturated heterocycles. The van der Waals surface area contributed by atoms with Crippen LogP contribution in [0.4, 0.5) is 11.4 Å². The number of carbonyl (C=O) groups excluding carboxylic acids is 3. The van der Waals surface area contributed by atoms with Gasteiger partial charge in [-0.2, -0.15) is 0 Å². The molecule has 7 nitrogen and oxygen atoms in total. The second-order valence-corrected chi connectivity index (χ2v) is 8.30. The van der Waals surface area contributed by atoms with Crippen molar-refractivity contribution in [2.45, 2.75) is 26.2 Å². The summed E-state index contributed by atoms with van der Waals surface area (Å²) in [6.45, 7) is 2.64. The lowest BCUT2D eigenvalue weighted by molar-refractivity contribution is -0.144. The fourth-order valence-corrected chi connectivity index (χ4v) is 3.76. The Morgan fingerprint density at radius 1 is 0.861 bits per heavy atom. The smallest absolute Gasteiger partial charge is 0.306 e. The number of nitrogens with one attached hydrogen (secondary N) is 2. The van der Waals surface area contributed by atoms with Crippen LogP contribution in [0.2, 0.25) is 0 Å². The number of rotatable bonds is 10. The fourth-order valence-electron chi connectivity index (χ4n) is 3.53. The van der Waals surface area contributed by atoms with Crippen molar-refractivity contribution in [1.82, 2.24) is 5.32 Å². The maximum absolute atomic E-state index is 13.3. The van der Waals surface area contributed by atoms with Gasteiger partial charge in [0.15, 0.2) is 5.11 Å². The van der Waals surface area contributed by atoms with Gasteiger partial charge in [-0.25, -0.2) is 0 Å². The molecule has 3 aromatic rings. The lowest BCUT2D eigenvalue weighted by atomic mass is 10.1. The minimum absolute atomic E-state index is 0.0421. The molecule has 8 heteroatoms. The fraction of sp³-hybridized carbons (Fsp3) is 0.214. The molecule has 0 bridgehead atoms. The number of nitrogens with zero attached hydrogens (tertiary/aromatic N) is 1. The highest BCUT2D eigenvalue weighted by Crippen LogP contribution is 2.21. The molecule has 0 heterocycles. The number of thiocarbonyl (C=S) groups is 1. The van der Waals surface area contributed by atoms with Gasteiger partial charge in [0.2, 0.25) is 5.91 Å². The van der Waals surface area contributed by atoms with Crippen molar-refractivity contribution in [3.05, 3.63) is 96.1 Å². The van der Waals surface area contributed by atoms with Crippen molar-refractivity contribution in [2.24, 2.45) is 0 Å². The zero-order valence-corrected chi connectivity index (χ0v) is 20.9. The molecule has 0 aliphatic carbocycles. The maximum atomic E-state index is 13.3. The number of ether oxygens (including phenoxy) is 1. The zero-order chi connectivity index (χ0) is 25.8. The summed E-state index contributed by atoms with van der Waals surface area (Å²) in [4.78, 5) is 39.1. The standard InChI is InChI=1S/C28H29N3O4S/c1-2-31(22-13-7-4-8-14-22)27(34)23-15-9-10-16-24(23)29-28(36)30-25(32)17-18-26(33)35-20-19-21-11-5-3-6-12-21/h3-16H,2,17-20H2,1H3,(H2,29,30,32,36). The van der Waals surface area contributed by atoms with Crippen LogP contribution >= 0.6 is 12.2 Å². The van der Waals surface area contributed by atoms with E-state index in [1.807, 2.05) is 67.6 Å². The minimum atomic E-state index is -0.448. The van der Waals surface area contributed by atoms with Crippen LogP contribution in [0, 0.1) is 0 Å². The maximum Gasteiger partial charge on any atom is 0.306 e. The van der Waals surface area contributed by atoms with Crippen LogP contribution in [0.25, 0.3) is 0 Å². The largest absolute Gasteiger partial charge is 0.465 e. The van der Waals surface area contributed by atoms with Gasteiger partial charge in [0, 0.05) is 25.1 Å². The van der Waals surface area contributed by atoms with E-state index in [4.69, 9.17) is 17.0 Å². The Morgan fingerprint density at radius 3 is 2.19 bits per heavy atom. The lowest BCUT2D eigenvalue weighted by Gasteiger charge is -2.22. The number of benzene rings is 3. The summed E-state index contributed by atoms with van der Waals surface area (Å²) in [6, 6.07) is 26.0. The SMILES string of the molecule is CCN(C(=O)c1ccccc1NC(=S)NC(=O)CCC(=O)OCCc1ccccc1)c1ccccc1. The van der Waals surface area contributed by atoms with Gasteiger partial charge in [-0.1, -0.05) is 60.7 Å². The van der Waals surface area contributed by atoms with E-state index in [1.54, 1.807) is 29.2 Å². The first-order valence-electron chi connectivity index (χ1n) is 11.7. The molecule has 0 atom stereocenters. The number of carbonyl (C=O) groups is 3.